The second kappa shape index (κ2) is 11.8. The van der Waals surface area contributed by atoms with Gasteiger partial charge in [-0.3, -0.25) is 15.4 Å². The predicted octanol–water partition coefficient (Wildman–Crippen LogP) is 4.70. The first-order valence-electron chi connectivity index (χ1n) is 14.1. The molecule has 3 heterocycles. The SMILES string of the molecule is CCOc1cc(OC)ccc1C1(C(=O)N2CCC(N3CCCC3)CC2)NC(CC)C(c2ccc(Cl)cc2)N1. The highest BCUT2D eigenvalue weighted by Crippen LogP contribution is 2.41. The van der Waals surface area contributed by atoms with Gasteiger partial charge in [0.2, 0.25) is 0 Å². The fraction of sp³-hybridized carbons (Fsp3) is 0.567. The molecule has 3 atom stereocenters. The standard InChI is InChI=1S/C30H41ClN4O3/c1-4-26-28(21-8-10-22(31)11-9-21)33-30(32-26,25-13-12-24(37-3)20-27(25)38-5-2)29(36)35-18-14-23(15-19-35)34-16-6-7-17-34/h8-13,20,23,26,28,32-33H,4-7,14-19H2,1-3H3. The molecular weight excluding hydrogens is 500 g/mol. The molecule has 3 aliphatic heterocycles. The molecule has 0 spiro atoms. The second-order valence-corrected chi connectivity index (χ2v) is 11.1. The van der Waals surface area contributed by atoms with E-state index in [9.17, 15) is 4.79 Å². The van der Waals surface area contributed by atoms with E-state index in [0.29, 0.717) is 29.2 Å². The number of methoxy groups -OCH3 is 1. The lowest BCUT2D eigenvalue weighted by Crippen LogP contribution is -2.61. The Balaban J connectivity index is 1.50. The fourth-order valence-electron chi connectivity index (χ4n) is 6.45. The average Bonchev–Trinajstić information content (AvgIpc) is 3.63. The Morgan fingerprint density at radius 1 is 1.03 bits per heavy atom. The third-order valence-electron chi connectivity index (χ3n) is 8.47. The van der Waals surface area contributed by atoms with Crippen molar-refractivity contribution in [1.82, 2.24) is 20.4 Å². The third-order valence-corrected chi connectivity index (χ3v) is 8.72. The topological polar surface area (TPSA) is 66.1 Å². The van der Waals surface area contributed by atoms with Gasteiger partial charge in [0, 0.05) is 47.9 Å². The number of hydrogen-bond acceptors (Lipinski definition) is 6. The van der Waals surface area contributed by atoms with Gasteiger partial charge in [0.25, 0.3) is 5.91 Å². The van der Waals surface area contributed by atoms with Crippen LogP contribution in [0.5, 0.6) is 11.5 Å². The number of hydrogen-bond donors (Lipinski definition) is 2. The molecular formula is C30H41ClN4O3. The first-order valence-corrected chi connectivity index (χ1v) is 14.5. The van der Waals surface area contributed by atoms with Gasteiger partial charge >= 0.3 is 0 Å². The van der Waals surface area contributed by atoms with Crippen molar-refractivity contribution in [3.05, 3.63) is 58.6 Å². The van der Waals surface area contributed by atoms with E-state index >= 15 is 0 Å². The zero-order valence-corrected chi connectivity index (χ0v) is 23.6. The number of rotatable bonds is 8. The number of halogens is 1. The molecule has 3 aliphatic rings. The van der Waals surface area contributed by atoms with Gasteiger partial charge in [-0.1, -0.05) is 30.7 Å². The van der Waals surface area contributed by atoms with E-state index in [0.717, 1.165) is 43.5 Å². The predicted molar refractivity (Wildman–Crippen MR) is 151 cm³/mol. The van der Waals surface area contributed by atoms with Crippen molar-refractivity contribution in [1.29, 1.82) is 0 Å². The molecule has 7 nitrogen and oxygen atoms in total. The molecule has 0 aromatic heterocycles. The average molecular weight is 541 g/mol. The number of piperidine rings is 1. The molecule has 3 saturated heterocycles. The Morgan fingerprint density at radius 3 is 2.37 bits per heavy atom. The number of carbonyl (C=O) groups is 1. The Kier molecular flexibility index (Phi) is 8.48. The quantitative estimate of drug-likeness (QED) is 0.506. The highest BCUT2D eigenvalue weighted by atomic mass is 35.5. The maximum absolute atomic E-state index is 14.6. The van der Waals surface area contributed by atoms with Crippen molar-refractivity contribution in [2.24, 2.45) is 0 Å². The summed E-state index contributed by atoms with van der Waals surface area (Å²) >= 11 is 6.21. The molecule has 206 valence electrons. The zero-order chi connectivity index (χ0) is 26.7. The number of benzene rings is 2. The molecule has 3 fully saturated rings. The number of nitrogens with zero attached hydrogens (tertiary/aromatic N) is 2. The Morgan fingerprint density at radius 2 is 1.74 bits per heavy atom. The number of likely N-dealkylation sites (tertiary alicyclic amines) is 2. The lowest BCUT2D eigenvalue weighted by molar-refractivity contribution is -0.141. The molecule has 5 rings (SSSR count). The summed E-state index contributed by atoms with van der Waals surface area (Å²) < 4.78 is 11.6. The van der Waals surface area contributed by atoms with Crippen molar-refractivity contribution < 1.29 is 14.3 Å². The Hall–Kier alpha value is -2.32. The van der Waals surface area contributed by atoms with Crippen molar-refractivity contribution in [3.8, 4) is 11.5 Å². The second-order valence-electron chi connectivity index (χ2n) is 10.6. The van der Waals surface area contributed by atoms with E-state index < -0.39 is 5.66 Å². The number of carbonyl (C=O) groups excluding carboxylic acids is 1. The number of nitrogens with one attached hydrogen (secondary N) is 2. The zero-order valence-electron chi connectivity index (χ0n) is 22.8. The summed E-state index contributed by atoms with van der Waals surface area (Å²) in [6, 6.07) is 14.2. The molecule has 0 bridgehead atoms. The van der Waals surface area contributed by atoms with Crippen LogP contribution in [0.25, 0.3) is 0 Å². The lowest BCUT2D eigenvalue weighted by Gasteiger charge is -2.41. The van der Waals surface area contributed by atoms with Crippen LogP contribution in [0.4, 0.5) is 0 Å². The van der Waals surface area contributed by atoms with E-state index in [-0.39, 0.29) is 18.0 Å². The smallest absolute Gasteiger partial charge is 0.262 e. The summed E-state index contributed by atoms with van der Waals surface area (Å²) in [7, 11) is 1.64. The first kappa shape index (κ1) is 27.3. The molecule has 8 heteroatoms. The van der Waals surface area contributed by atoms with E-state index in [1.165, 1.54) is 25.9 Å². The van der Waals surface area contributed by atoms with Crippen LogP contribution in [0.15, 0.2) is 42.5 Å². The Labute approximate surface area is 231 Å². The van der Waals surface area contributed by atoms with E-state index in [2.05, 4.69) is 22.5 Å². The van der Waals surface area contributed by atoms with Crippen molar-refractivity contribution in [3.63, 3.8) is 0 Å². The van der Waals surface area contributed by atoms with Gasteiger partial charge in [-0.25, -0.2) is 0 Å². The lowest BCUT2D eigenvalue weighted by atomic mass is 9.94. The summed E-state index contributed by atoms with van der Waals surface area (Å²) in [5.41, 5.74) is 0.770. The van der Waals surface area contributed by atoms with Crippen LogP contribution in [0.3, 0.4) is 0 Å². The highest BCUT2D eigenvalue weighted by molar-refractivity contribution is 6.30. The van der Waals surface area contributed by atoms with Crippen LogP contribution in [-0.4, -0.2) is 67.7 Å². The molecule has 0 aliphatic carbocycles. The first-order chi connectivity index (χ1) is 18.5. The molecule has 0 saturated carbocycles. The molecule has 3 unspecified atom stereocenters. The maximum atomic E-state index is 14.6. The largest absolute Gasteiger partial charge is 0.497 e. The molecule has 2 aromatic carbocycles. The number of amides is 1. The van der Waals surface area contributed by atoms with Crippen LogP contribution in [0.2, 0.25) is 5.02 Å². The molecule has 2 aromatic rings. The van der Waals surface area contributed by atoms with Crippen LogP contribution < -0.4 is 20.1 Å². The molecule has 38 heavy (non-hydrogen) atoms. The summed E-state index contributed by atoms with van der Waals surface area (Å²) in [5, 5.41) is 8.25. The van der Waals surface area contributed by atoms with Crippen LogP contribution in [-0.2, 0) is 10.5 Å². The van der Waals surface area contributed by atoms with E-state index in [4.69, 9.17) is 21.1 Å². The molecule has 0 radical (unpaired) electrons. The summed E-state index contributed by atoms with van der Waals surface area (Å²) in [5.74, 6) is 1.41. The maximum Gasteiger partial charge on any atom is 0.262 e. The number of ether oxygens (including phenoxy) is 2. The van der Waals surface area contributed by atoms with Crippen LogP contribution in [0.1, 0.15) is 63.1 Å². The minimum Gasteiger partial charge on any atom is -0.497 e. The monoisotopic (exact) mass is 540 g/mol. The summed E-state index contributed by atoms with van der Waals surface area (Å²) in [6.07, 6.45) is 5.46. The van der Waals surface area contributed by atoms with Gasteiger partial charge in [-0.2, -0.15) is 0 Å². The van der Waals surface area contributed by atoms with Crippen molar-refractivity contribution in [2.45, 2.75) is 69.7 Å². The van der Waals surface area contributed by atoms with E-state index in [1.54, 1.807) is 7.11 Å². The highest BCUT2D eigenvalue weighted by Gasteiger charge is 2.53. The molecule has 1 amide bonds. The van der Waals surface area contributed by atoms with Crippen LogP contribution in [0, 0.1) is 0 Å². The fourth-order valence-corrected chi connectivity index (χ4v) is 6.57. The minimum absolute atomic E-state index is 0.0406. The van der Waals surface area contributed by atoms with Crippen LogP contribution >= 0.6 is 11.6 Å². The van der Waals surface area contributed by atoms with Gasteiger partial charge < -0.3 is 19.3 Å². The summed E-state index contributed by atoms with van der Waals surface area (Å²) in [6.45, 7) is 8.50. The van der Waals surface area contributed by atoms with Crippen molar-refractivity contribution >= 4 is 17.5 Å². The van der Waals surface area contributed by atoms with Crippen molar-refractivity contribution in [2.75, 3.05) is 39.9 Å². The van der Waals surface area contributed by atoms with Gasteiger partial charge in [0.1, 0.15) is 11.5 Å². The van der Waals surface area contributed by atoms with Gasteiger partial charge in [-0.15, -0.1) is 0 Å². The Bertz CT molecular complexity index is 1100. The summed E-state index contributed by atoms with van der Waals surface area (Å²) in [4.78, 5) is 19.3. The third kappa shape index (κ3) is 5.26. The minimum atomic E-state index is -1.12. The van der Waals surface area contributed by atoms with Gasteiger partial charge in [-0.05, 0) is 81.9 Å². The van der Waals surface area contributed by atoms with E-state index in [1.807, 2.05) is 54.3 Å². The molecule has 2 N–H and O–H groups in total. The van der Waals surface area contributed by atoms with Gasteiger partial charge in [0.15, 0.2) is 5.66 Å². The van der Waals surface area contributed by atoms with Gasteiger partial charge in [0.05, 0.1) is 13.7 Å². The normalized spacial score (nSPS) is 26.6.